The van der Waals surface area contributed by atoms with Crippen LogP contribution in [0.5, 0.6) is 5.75 Å². The highest BCUT2D eigenvalue weighted by Crippen LogP contribution is 2.25. The monoisotopic (exact) mass is 281 g/mol. The maximum atomic E-state index is 11.6. The minimum Gasteiger partial charge on any atom is -0.481 e. The lowest BCUT2D eigenvalue weighted by molar-refractivity contribution is -0.124. The number of carbonyl (C=O) groups excluding carboxylic acids is 2. The number of methoxy groups -OCH3 is 1. The van der Waals surface area contributed by atoms with E-state index in [-0.39, 0.29) is 35.6 Å². The average molecular weight is 281 g/mol. The quantitative estimate of drug-likeness (QED) is 0.603. The van der Waals surface area contributed by atoms with Gasteiger partial charge in [-0.05, 0) is 19.1 Å². The maximum Gasteiger partial charge on any atom is 0.258 e. The van der Waals surface area contributed by atoms with Gasteiger partial charge in [-0.1, -0.05) is 6.07 Å². The van der Waals surface area contributed by atoms with Crippen LogP contribution < -0.4 is 21.5 Å². The van der Waals surface area contributed by atoms with E-state index in [2.05, 4.69) is 5.32 Å². The summed E-state index contributed by atoms with van der Waals surface area (Å²) in [4.78, 5) is 22.9. The van der Waals surface area contributed by atoms with Crippen molar-refractivity contribution < 1.29 is 19.1 Å². The van der Waals surface area contributed by atoms with Crippen LogP contribution in [0.4, 0.5) is 5.69 Å². The molecule has 0 aliphatic carbocycles. The molecule has 1 aromatic carbocycles. The van der Waals surface area contributed by atoms with Gasteiger partial charge < -0.3 is 26.3 Å². The number of anilines is 1. The Bertz CT molecular complexity index is 491. The molecule has 110 valence electrons. The molecule has 0 heterocycles. The molecule has 1 rings (SSSR count). The molecule has 20 heavy (non-hydrogen) atoms. The van der Waals surface area contributed by atoms with E-state index in [9.17, 15) is 9.59 Å². The van der Waals surface area contributed by atoms with Crippen LogP contribution in [0.25, 0.3) is 0 Å². The molecule has 0 aliphatic rings. The van der Waals surface area contributed by atoms with Gasteiger partial charge in [0.25, 0.3) is 11.8 Å². The zero-order valence-electron chi connectivity index (χ0n) is 11.5. The number of nitrogens with two attached hydrogens (primary N) is 2. The van der Waals surface area contributed by atoms with Crippen molar-refractivity contribution in [3.05, 3.63) is 23.8 Å². The standard InChI is InChI=1S/C13H19N3O4/c1-8(6-19-2)16-11(17)7-20-12-9(13(15)18)4-3-5-10(12)14/h3-5,8H,6-7,14H2,1-2H3,(H2,15,18)(H,16,17). The fraction of sp³-hybridized carbons (Fsp3) is 0.385. The third-order valence-corrected chi connectivity index (χ3v) is 2.48. The Morgan fingerprint density at radius 1 is 1.40 bits per heavy atom. The molecule has 1 unspecified atom stereocenters. The highest BCUT2D eigenvalue weighted by molar-refractivity contribution is 5.97. The SMILES string of the molecule is COCC(C)NC(=O)COc1c(N)cccc1C(N)=O. The molecule has 7 heteroatoms. The van der Waals surface area contributed by atoms with Crippen LogP contribution in [-0.4, -0.2) is 38.2 Å². The van der Waals surface area contributed by atoms with Crippen LogP contribution in [0.3, 0.4) is 0 Å². The second kappa shape index (κ2) is 7.34. The Hall–Kier alpha value is -2.28. The first-order valence-corrected chi connectivity index (χ1v) is 6.05. The molecule has 0 aromatic heterocycles. The second-order valence-corrected chi connectivity index (χ2v) is 4.30. The van der Waals surface area contributed by atoms with Crippen molar-refractivity contribution in [2.24, 2.45) is 5.73 Å². The third kappa shape index (κ3) is 4.43. The van der Waals surface area contributed by atoms with E-state index in [4.69, 9.17) is 20.9 Å². The molecule has 0 saturated heterocycles. The van der Waals surface area contributed by atoms with E-state index < -0.39 is 5.91 Å². The van der Waals surface area contributed by atoms with Gasteiger partial charge in [0.2, 0.25) is 0 Å². The van der Waals surface area contributed by atoms with E-state index in [0.717, 1.165) is 0 Å². The number of benzene rings is 1. The molecule has 0 spiro atoms. The van der Waals surface area contributed by atoms with Gasteiger partial charge in [0.15, 0.2) is 12.4 Å². The molecule has 0 fully saturated rings. The summed E-state index contributed by atoms with van der Waals surface area (Å²) in [5.41, 5.74) is 11.3. The molecule has 1 aromatic rings. The van der Waals surface area contributed by atoms with E-state index in [1.807, 2.05) is 0 Å². The van der Waals surface area contributed by atoms with Crippen molar-refractivity contribution in [1.29, 1.82) is 0 Å². The lowest BCUT2D eigenvalue weighted by Crippen LogP contribution is -2.38. The maximum absolute atomic E-state index is 11.6. The molecule has 5 N–H and O–H groups in total. The zero-order chi connectivity index (χ0) is 15.1. The summed E-state index contributed by atoms with van der Waals surface area (Å²) >= 11 is 0. The summed E-state index contributed by atoms with van der Waals surface area (Å²) in [7, 11) is 1.54. The highest BCUT2D eigenvalue weighted by atomic mass is 16.5. The number of hydrogen-bond acceptors (Lipinski definition) is 5. The Kier molecular flexibility index (Phi) is 5.79. The summed E-state index contributed by atoms with van der Waals surface area (Å²) < 4.78 is 10.2. The topological polar surface area (TPSA) is 117 Å². The Balaban J connectivity index is 2.66. The van der Waals surface area contributed by atoms with Gasteiger partial charge >= 0.3 is 0 Å². The smallest absolute Gasteiger partial charge is 0.258 e. The van der Waals surface area contributed by atoms with Gasteiger partial charge in [0.05, 0.1) is 17.9 Å². The van der Waals surface area contributed by atoms with E-state index in [0.29, 0.717) is 6.61 Å². The fourth-order valence-electron chi connectivity index (χ4n) is 1.66. The van der Waals surface area contributed by atoms with Crippen LogP contribution in [0, 0.1) is 0 Å². The van der Waals surface area contributed by atoms with Gasteiger partial charge in [0, 0.05) is 13.2 Å². The number of rotatable bonds is 7. The first kappa shape index (κ1) is 15.8. The first-order valence-electron chi connectivity index (χ1n) is 6.05. The van der Waals surface area contributed by atoms with Gasteiger partial charge in [-0.25, -0.2) is 0 Å². The summed E-state index contributed by atoms with van der Waals surface area (Å²) in [5, 5.41) is 2.67. The van der Waals surface area contributed by atoms with Gasteiger partial charge in [0.1, 0.15) is 0 Å². The number of nitrogens with one attached hydrogen (secondary N) is 1. The minimum atomic E-state index is -0.666. The number of amides is 2. The normalized spacial score (nSPS) is 11.7. The average Bonchev–Trinajstić information content (AvgIpc) is 2.37. The summed E-state index contributed by atoms with van der Waals surface area (Å²) in [6.45, 7) is 1.93. The molecule has 7 nitrogen and oxygen atoms in total. The van der Waals surface area contributed by atoms with Crippen molar-refractivity contribution in [1.82, 2.24) is 5.32 Å². The predicted octanol–water partition coefficient (Wildman–Crippen LogP) is -0.102. The van der Waals surface area contributed by atoms with Crippen molar-refractivity contribution in [2.45, 2.75) is 13.0 Å². The van der Waals surface area contributed by atoms with E-state index in [1.54, 1.807) is 26.2 Å². The summed E-state index contributed by atoms with van der Waals surface area (Å²) in [6.07, 6.45) is 0. The van der Waals surface area contributed by atoms with Crippen LogP contribution in [0.1, 0.15) is 17.3 Å². The van der Waals surface area contributed by atoms with Crippen molar-refractivity contribution >= 4 is 17.5 Å². The van der Waals surface area contributed by atoms with Gasteiger partial charge in [-0.2, -0.15) is 0 Å². The second-order valence-electron chi connectivity index (χ2n) is 4.30. The molecule has 0 bridgehead atoms. The van der Waals surface area contributed by atoms with Crippen LogP contribution in [0.2, 0.25) is 0 Å². The molecular weight excluding hydrogens is 262 g/mol. The fourth-order valence-corrected chi connectivity index (χ4v) is 1.66. The Morgan fingerprint density at radius 2 is 2.10 bits per heavy atom. The highest BCUT2D eigenvalue weighted by Gasteiger charge is 2.14. The van der Waals surface area contributed by atoms with Crippen molar-refractivity contribution in [3.63, 3.8) is 0 Å². The minimum absolute atomic E-state index is 0.120. The van der Waals surface area contributed by atoms with E-state index >= 15 is 0 Å². The van der Waals surface area contributed by atoms with Crippen molar-refractivity contribution in [3.8, 4) is 5.75 Å². The molecule has 0 saturated carbocycles. The lowest BCUT2D eigenvalue weighted by atomic mass is 10.1. The number of hydrogen-bond donors (Lipinski definition) is 3. The van der Waals surface area contributed by atoms with Crippen LogP contribution >= 0.6 is 0 Å². The molecule has 2 amide bonds. The van der Waals surface area contributed by atoms with Gasteiger partial charge in [-0.3, -0.25) is 9.59 Å². The zero-order valence-corrected chi connectivity index (χ0v) is 11.5. The van der Waals surface area contributed by atoms with Crippen LogP contribution in [-0.2, 0) is 9.53 Å². The van der Waals surface area contributed by atoms with Crippen molar-refractivity contribution in [2.75, 3.05) is 26.1 Å². The molecule has 0 aliphatic heterocycles. The Morgan fingerprint density at radius 3 is 2.70 bits per heavy atom. The number of carbonyl (C=O) groups is 2. The largest absolute Gasteiger partial charge is 0.481 e. The predicted molar refractivity (Wildman–Crippen MR) is 74.3 cm³/mol. The lowest BCUT2D eigenvalue weighted by Gasteiger charge is -2.15. The molecule has 0 radical (unpaired) electrons. The first-order chi connectivity index (χ1) is 9.45. The number of nitrogen functional groups attached to an aromatic ring is 1. The Labute approximate surface area is 117 Å². The number of para-hydroxylation sites is 1. The number of ether oxygens (including phenoxy) is 2. The van der Waals surface area contributed by atoms with Gasteiger partial charge in [-0.15, -0.1) is 0 Å². The van der Waals surface area contributed by atoms with Crippen LogP contribution in [0.15, 0.2) is 18.2 Å². The van der Waals surface area contributed by atoms with E-state index in [1.165, 1.54) is 6.07 Å². The third-order valence-electron chi connectivity index (χ3n) is 2.48. The number of primary amides is 1. The molecule has 1 atom stereocenters. The molecular formula is C13H19N3O4. The summed E-state index contributed by atoms with van der Waals surface area (Å²) in [6, 6.07) is 4.50. The summed E-state index contributed by atoms with van der Waals surface area (Å²) in [5.74, 6) is -0.886.